The van der Waals surface area contributed by atoms with Gasteiger partial charge in [0.1, 0.15) is 5.54 Å². The molecule has 1 rings (SSSR count). The number of rotatable bonds is 5. The van der Waals surface area contributed by atoms with E-state index in [9.17, 15) is 4.79 Å². The monoisotopic (exact) mass is 297 g/mol. The zero-order valence-corrected chi connectivity index (χ0v) is 14.9. The summed E-state index contributed by atoms with van der Waals surface area (Å²) >= 11 is 0. The van der Waals surface area contributed by atoms with Crippen LogP contribution >= 0.6 is 0 Å². The lowest BCUT2D eigenvalue weighted by Gasteiger charge is -2.33. The summed E-state index contributed by atoms with van der Waals surface area (Å²) in [5, 5.41) is 3.56. The second kappa shape index (κ2) is 7.62. The summed E-state index contributed by atoms with van der Waals surface area (Å²) in [4.78, 5) is 12.6. The number of hydrogen-bond acceptors (Lipinski definition) is 3. The Morgan fingerprint density at radius 1 is 1.29 bits per heavy atom. The van der Waals surface area contributed by atoms with Crippen LogP contribution in [0.25, 0.3) is 0 Å². The lowest BCUT2D eigenvalue weighted by atomic mass is 9.76. The summed E-state index contributed by atoms with van der Waals surface area (Å²) in [6, 6.07) is 0. The zero-order chi connectivity index (χ0) is 16.1. The first-order valence-corrected chi connectivity index (χ1v) is 8.63. The summed E-state index contributed by atoms with van der Waals surface area (Å²) < 4.78 is 5.39. The first-order valence-electron chi connectivity index (χ1n) is 8.63. The predicted octanol–water partition coefficient (Wildman–Crippen LogP) is 4.16. The normalized spacial score (nSPS) is 27.5. The average Bonchev–Trinajstić information content (AvgIpc) is 2.59. The highest BCUT2D eigenvalue weighted by Crippen LogP contribution is 2.40. The Balaban J connectivity index is 2.84. The molecule has 21 heavy (non-hydrogen) atoms. The Morgan fingerprint density at radius 3 is 2.48 bits per heavy atom. The third-order valence-electron chi connectivity index (χ3n) is 4.82. The summed E-state index contributed by atoms with van der Waals surface area (Å²) in [7, 11) is 0. The molecule has 0 radical (unpaired) electrons. The van der Waals surface area contributed by atoms with Crippen LogP contribution in [0.1, 0.15) is 73.6 Å². The van der Waals surface area contributed by atoms with Crippen molar-refractivity contribution in [1.29, 1.82) is 0 Å². The molecular formula is C18H35NO2. The second-order valence-corrected chi connectivity index (χ2v) is 8.07. The molecule has 0 saturated heterocycles. The first kappa shape index (κ1) is 18.5. The smallest absolute Gasteiger partial charge is 0.326 e. The molecule has 1 N–H and O–H groups in total. The van der Waals surface area contributed by atoms with E-state index >= 15 is 0 Å². The van der Waals surface area contributed by atoms with Crippen molar-refractivity contribution in [3.05, 3.63) is 0 Å². The molecule has 0 aromatic heterocycles. The quantitative estimate of drug-likeness (QED) is 0.611. The van der Waals surface area contributed by atoms with Gasteiger partial charge in [0.2, 0.25) is 0 Å². The van der Waals surface area contributed by atoms with Gasteiger partial charge in [-0.3, -0.25) is 4.79 Å². The summed E-state index contributed by atoms with van der Waals surface area (Å²) in [6.45, 7) is 14.5. The number of ether oxygens (including phenoxy) is 1. The van der Waals surface area contributed by atoms with Crippen molar-refractivity contribution in [1.82, 2.24) is 5.32 Å². The SMILES string of the molecule is CCOC(=O)C1(NCC(C)C)CCCC(C(C)(C)C)CC1. The van der Waals surface area contributed by atoms with E-state index in [0.29, 0.717) is 23.9 Å². The Labute approximate surface area is 131 Å². The van der Waals surface area contributed by atoms with Crippen LogP contribution < -0.4 is 5.32 Å². The van der Waals surface area contributed by atoms with E-state index in [1.54, 1.807) is 0 Å². The van der Waals surface area contributed by atoms with Gasteiger partial charge in [0.25, 0.3) is 0 Å². The van der Waals surface area contributed by atoms with E-state index in [1.165, 1.54) is 6.42 Å². The molecule has 1 aliphatic rings. The molecule has 3 nitrogen and oxygen atoms in total. The molecule has 2 atom stereocenters. The summed E-state index contributed by atoms with van der Waals surface area (Å²) in [5.41, 5.74) is -0.136. The maximum absolute atomic E-state index is 12.6. The predicted molar refractivity (Wildman–Crippen MR) is 88.2 cm³/mol. The maximum atomic E-state index is 12.6. The number of nitrogens with one attached hydrogen (secondary N) is 1. The third kappa shape index (κ3) is 5.28. The standard InChI is InChI=1S/C18H35NO2/c1-7-21-16(20)18(19-13-14(2)3)11-8-9-15(10-12-18)17(4,5)6/h14-15,19H,7-13H2,1-6H3. The zero-order valence-electron chi connectivity index (χ0n) is 14.9. The highest BCUT2D eigenvalue weighted by molar-refractivity contribution is 5.81. The molecular weight excluding hydrogens is 262 g/mol. The van der Waals surface area contributed by atoms with Crippen molar-refractivity contribution >= 4 is 5.97 Å². The van der Waals surface area contributed by atoms with Crippen LogP contribution in [0, 0.1) is 17.3 Å². The van der Waals surface area contributed by atoms with E-state index in [4.69, 9.17) is 4.74 Å². The van der Waals surface area contributed by atoms with Gasteiger partial charge in [-0.15, -0.1) is 0 Å². The minimum Gasteiger partial charge on any atom is -0.465 e. The molecule has 2 unspecified atom stereocenters. The number of carbonyl (C=O) groups is 1. The minimum absolute atomic E-state index is 0.0415. The van der Waals surface area contributed by atoms with E-state index in [0.717, 1.165) is 32.2 Å². The van der Waals surface area contributed by atoms with Crippen LogP contribution in [0.5, 0.6) is 0 Å². The summed E-state index contributed by atoms with van der Waals surface area (Å²) in [5.74, 6) is 1.19. The van der Waals surface area contributed by atoms with Gasteiger partial charge in [-0.25, -0.2) is 0 Å². The molecule has 0 aliphatic heterocycles. The van der Waals surface area contributed by atoms with E-state index in [-0.39, 0.29) is 5.97 Å². The van der Waals surface area contributed by atoms with Crippen LogP contribution in [0.4, 0.5) is 0 Å². The van der Waals surface area contributed by atoms with Gasteiger partial charge in [0.05, 0.1) is 6.61 Å². The highest BCUT2D eigenvalue weighted by Gasteiger charge is 2.42. The number of esters is 1. The average molecular weight is 297 g/mol. The largest absolute Gasteiger partial charge is 0.465 e. The van der Waals surface area contributed by atoms with Gasteiger partial charge in [0.15, 0.2) is 0 Å². The molecule has 0 bridgehead atoms. The van der Waals surface area contributed by atoms with Crippen molar-refractivity contribution in [2.24, 2.45) is 17.3 Å². The van der Waals surface area contributed by atoms with Crippen molar-refractivity contribution in [2.75, 3.05) is 13.2 Å². The number of hydrogen-bond donors (Lipinski definition) is 1. The molecule has 0 heterocycles. The molecule has 0 aromatic carbocycles. The molecule has 124 valence electrons. The fourth-order valence-electron chi connectivity index (χ4n) is 3.33. The molecule has 1 fully saturated rings. The molecule has 0 amide bonds. The minimum atomic E-state index is -0.458. The van der Waals surface area contributed by atoms with Crippen molar-refractivity contribution in [3.8, 4) is 0 Å². The van der Waals surface area contributed by atoms with Crippen molar-refractivity contribution in [2.45, 2.75) is 79.2 Å². The lowest BCUT2D eigenvalue weighted by Crippen LogP contribution is -2.53. The topological polar surface area (TPSA) is 38.3 Å². The molecule has 3 heteroatoms. The fraction of sp³-hybridized carbons (Fsp3) is 0.944. The molecule has 0 spiro atoms. The van der Waals surface area contributed by atoms with Crippen LogP contribution in [-0.2, 0) is 9.53 Å². The van der Waals surface area contributed by atoms with Gasteiger partial charge in [-0.1, -0.05) is 41.0 Å². The van der Waals surface area contributed by atoms with Crippen LogP contribution in [-0.4, -0.2) is 24.7 Å². The molecule has 1 aliphatic carbocycles. The third-order valence-corrected chi connectivity index (χ3v) is 4.82. The number of carbonyl (C=O) groups excluding carboxylic acids is 1. The van der Waals surface area contributed by atoms with E-state index in [2.05, 4.69) is 39.9 Å². The Hall–Kier alpha value is -0.570. The van der Waals surface area contributed by atoms with E-state index in [1.807, 2.05) is 6.92 Å². The van der Waals surface area contributed by atoms with Gasteiger partial charge in [-0.05, 0) is 56.4 Å². The molecule has 1 saturated carbocycles. The Bertz CT molecular complexity index is 333. The Morgan fingerprint density at radius 2 is 1.95 bits per heavy atom. The molecule has 0 aromatic rings. The highest BCUT2D eigenvalue weighted by atomic mass is 16.5. The van der Waals surface area contributed by atoms with Crippen LogP contribution in [0.15, 0.2) is 0 Å². The van der Waals surface area contributed by atoms with Gasteiger partial charge >= 0.3 is 5.97 Å². The second-order valence-electron chi connectivity index (χ2n) is 8.07. The van der Waals surface area contributed by atoms with Crippen LogP contribution in [0.3, 0.4) is 0 Å². The lowest BCUT2D eigenvalue weighted by molar-refractivity contribution is -0.152. The van der Waals surface area contributed by atoms with E-state index < -0.39 is 5.54 Å². The fourth-order valence-corrected chi connectivity index (χ4v) is 3.33. The van der Waals surface area contributed by atoms with Crippen molar-refractivity contribution in [3.63, 3.8) is 0 Å². The summed E-state index contributed by atoms with van der Waals surface area (Å²) in [6.07, 6.45) is 5.24. The van der Waals surface area contributed by atoms with Gasteiger partial charge in [-0.2, -0.15) is 0 Å². The van der Waals surface area contributed by atoms with Gasteiger partial charge < -0.3 is 10.1 Å². The Kier molecular flexibility index (Phi) is 6.71. The van der Waals surface area contributed by atoms with Crippen molar-refractivity contribution < 1.29 is 9.53 Å². The maximum Gasteiger partial charge on any atom is 0.326 e. The van der Waals surface area contributed by atoms with Crippen LogP contribution in [0.2, 0.25) is 0 Å². The van der Waals surface area contributed by atoms with Gasteiger partial charge in [0, 0.05) is 0 Å². The first-order chi connectivity index (χ1) is 9.71.